The van der Waals surface area contributed by atoms with Gasteiger partial charge in [-0.15, -0.1) is 0 Å². The summed E-state index contributed by atoms with van der Waals surface area (Å²) >= 11 is 0. The number of aryl methyl sites for hydroxylation is 1. The summed E-state index contributed by atoms with van der Waals surface area (Å²) in [5.74, 6) is -0.0882. The summed E-state index contributed by atoms with van der Waals surface area (Å²) in [5, 5.41) is 0. The third-order valence-electron chi connectivity index (χ3n) is 4.36. The molecule has 9 nitrogen and oxygen atoms in total. The molecular formula is C16H22N5O4+. The average molecular weight is 348 g/mol. The fraction of sp³-hybridized carbons (Fsp3) is 0.562. The van der Waals surface area contributed by atoms with Gasteiger partial charge in [0.05, 0.1) is 12.6 Å². The number of imide groups is 1. The number of aromatic nitrogens is 2. The van der Waals surface area contributed by atoms with Crippen molar-refractivity contribution in [1.82, 2.24) is 14.4 Å². The fourth-order valence-electron chi connectivity index (χ4n) is 3.32. The summed E-state index contributed by atoms with van der Waals surface area (Å²) in [6.45, 7) is 7.46. The molecule has 9 heteroatoms. The Morgan fingerprint density at radius 3 is 2.68 bits per heavy atom. The van der Waals surface area contributed by atoms with E-state index in [0.29, 0.717) is 11.8 Å². The van der Waals surface area contributed by atoms with Crippen LogP contribution in [0.1, 0.15) is 38.5 Å². The predicted octanol–water partition coefficient (Wildman–Crippen LogP) is 0.707. The number of nitrogens with zero attached hydrogens (tertiary/aromatic N) is 5. The summed E-state index contributed by atoms with van der Waals surface area (Å²) in [4.78, 5) is 44.0. The second kappa shape index (κ2) is 5.98. The first-order valence-electron chi connectivity index (χ1n) is 8.24. The number of imidazole rings is 1. The molecule has 1 aromatic heterocycles. The zero-order valence-corrected chi connectivity index (χ0v) is 15.0. The number of hydrogen-bond donors (Lipinski definition) is 0. The van der Waals surface area contributed by atoms with Crippen LogP contribution in [0.25, 0.3) is 0 Å². The lowest BCUT2D eigenvalue weighted by Gasteiger charge is -2.32. The van der Waals surface area contributed by atoms with E-state index in [-0.39, 0.29) is 12.6 Å². The number of ether oxygens (including phenoxy) is 1. The Morgan fingerprint density at radius 1 is 1.40 bits per heavy atom. The van der Waals surface area contributed by atoms with Gasteiger partial charge in [-0.25, -0.2) is 18.8 Å². The SMILES string of the molecule is CCOC(=O)CN1C(=O)C2C(=Nc3n(C(C)C)c(C)c[n+]32)N(C)C1=O. The maximum atomic E-state index is 12.9. The first kappa shape index (κ1) is 17.1. The number of hydrogen-bond acceptors (Lipinski definition) is 5. The molecule has 2 aliphatic heterocycles. The van der Waals surface area contributed by atoms with Crippen molar-refractivity contribution in [2.45, 2.75) is 39.8 Å². The zero-order valence-electron chi connectivity index (χ0n) is 15.0. The Hall–Kier alpha value is -2.71. The fourth-order valence-corrected chi connectivity index (χ4v) is 3.32. The minimum Gasteiger partial charge on any atom is -0.465 e. The molecule has 25 heavy (non-hydrogen) atoms. The van der Waals surface area contributed by atoms with E-state index in [4.69, 9.17) is 4.74 Å². The molecule has 0 N–H and O–H groups in total. The predicted molar refractivity (Wildman–Crippen MR) is 87.4 cm³/mol. The van der Waals surface area contributed by atoms with E-state index in [2.05, 4.69) is 4.99 Å². The number of amidine groups is 1. The molecule has 3 heterocycles. The topological polar surface area (TPSA) is 88.1 Å². The van der Waals surface area contributed by atoms with Gasteiger partial charge in [-0.1, -0.05) is 4.99 Å². The largest absolute Gasteiger partial charge is 0.465 e. The number of rotatable bonds is 4. The molecule has 3 rings (SSSR count). The van der Waals surface area contributed by atoms with Crippen molar-refractivity contribution in [3.05, 3.63) is 11.9 Å². The monoisotopic (exact) mass is 348 g/mol. The summed E-state index contributed by atoms with van der Waals surface area (Å²) in [5.41, 5.74) is 0.970. The second-order valence-corrected chi connectivity index (χ2v) is 6.39. The van der Waals surface area contributed by atoms with E-state index in [1.54, 1.807) is 18.5 Å². The van der Waals surface area contributed by atoms with Crippen molar-refractivity contribution < 1.29 is 23.7 Å². The van der Waals surface area contributed by atoms with Crippen LogP contribution in [-0.4, -0.2) is 58.3 Å². The number of carbonyl (C=O) groups is 3. The van der Waals surface area contributed by atoms with Crippen LogP contribution in [0.3, 0.4) is 0 Å². The highest BCUT2D eigenvalue weighted by atomic mass is 16.5. The van der Waals surface area contributed by atoms with Crippen molar-refractivity contribution in [2.24, 2.45) is 4.99 Å². The Labute approximate surface area is 145 Å². The number of urea groups is 1. The van der Waals surface area contributed by atoms with Gasteiger partial charge < -0.3 is 4.74 Å². The molecule has 1 unspecified atom stereocenters. The molecule has 1 saturated heterocycles. The molecule has 1 aromatic rings. The lowest BCUT2D eigenvalue weighted by molar-refractivity contribution is -0.677. The lowest BCUT2D eigenvalue weighted by atomic mass is 10.1. The molecule has 0 aliphatic carbocycles. The minimum absolute atomic E-state index is 0.160. The maximum Gasteiger partial charge on any atom is 0.402 e. The van der Waals surface area contributed by atoms with Crippen LogP contribution in [0.4, 0.5) is 10.7 Å². The highest BCUT2D eigenvalue weighted by Crippen LogP contribution is 2.30. The summed E-state index contributed by atoms with van der Waals surface area (Å²) < 4.78 is 8.63. The van der Waals surface area contributed by atoms with E-state index in [1.165, 1.54) is 4.90 Å². The molecule has 0 spiro atoms. The molecule has 0 radical (unpaired) electrons. The first-order chi connectivity index (χ1) is 11.8. The van der Waals surface area contributed by atoms with E-state index in [1.807, 2.05) is 31.5 Å². The smallest absolute Gasteiger partial charge is 0.402 e. The van der Waals surface area contributed by atoms with Gasteiger partial charge in [-0.2, -0.15) is 0 Å². The third-order valence-corrected chi connectivity index (χ3v) is 4.36. The molecule has 3 amide bonds. The van der Waals surface area contributed by atoms with Gasteiger partial charge in [-0.05, 0) is 27.7 Å². The van der Waals surface area contributed by atoms with Crippen LogP contribution in [0, 0.1) is 6.92 Å². The number of esters is 1. The normalized spacial score (nSPS) is 19.3. The van der Waals surface area contributed by atoms with Crippen LogP contribution in [-0.2, 0) is 14.3 Å². The van der Waals surface area contributed by atoms with Crippen LogP contribution in [0.2, 0.25) is 0 Å². The Bertz CT molecular complexity index is 795. The molecule has 2 aliphatic rings. The van der Waals surface area contributed by atoms with Gasteiger partial charge >= 0.3 is 17.9 Å². The van der Waals surface area contributed by atoms with Crippen LogP contribution in [0.15, 0.2) is 11.2 Å². The van der Waals surface area contributed by atoms with E-state index < -0.39 is 30.5 Å². The van der Waals surface area contributed by atoms with Crippen LogP contribution < -0.4 is 4.57 Å². The van der Waals surface area contributed by atoms with E-state index in [9.17, 15) is 14.4 Å². The number of carbonyl (C=O) groups excluding carboxylic acids is 3. The standard InChI is InChI=1S/C16H22N5O4/c1-6-25-11(22)8-20-14(23)12-13(18(5)16(20)24)17-15-19(12)7-10(4)21(15)9(2)3/h7,9,12H,6,8H2,1-5H3/q+1. The van der Waals surface area contributed by atoms with Gasteiger partial charge in [0.15, 0.2) is 0 Å². The molecular weight excluding hydrogens is 326 g/mol. The van der Waals surface area contributed by atoms with E-state index in [0.717, 1.165) is 10.6 Å². The third kappa shape index (κ3) is 2.50. The molecule has 1 atom stereocenters. The Morgan fingerprint density at radius 2 is 2.08 bits per heavy atom. The van der Waals surface area contributed by atoms with Crippen molar-refractivity contribution in [1.29, 1.82) is 0 Å². The molecule has 0 saturated carbocycles. The van der Waals surface area contributed by atoms with Crippen molar-refractivity contribution in [3.63, 3.8) is 0 Å². The van der Waals surface area contributed by atoms with Gasteiger partial charge in [0.1, 0.15) is 18.4 Å². The van der Waals surface area contributed by atoms with Crippen molar-refractivity contribution >= 4 is 29.7 Å². The van der Waals surface area contributed by atoms with Crippen molar-refractivity contribution in [3.8, 4) is 0 Å². The summed E-state index contributed by atoms with van der Waals surface area (Å²) in [7, 11) is 1.55. The van der Waals surface area contributed by atoms with Gasteiger partial charge in [0, 0.05) is 7.05 Å². The Kier molecular flexibility index (Phi) is 4.09. The quantitative estimate of drug-likeness (QED) is 0.592. The van der Waals surface area contributed by atoms with Crippen LogP contribution in [0.5, 0.6) is 0 Å². The van der Waals surface area contributed by atoms with Crippen LogP contribution >= 0.6 is 0 Å². The maximum absolute atomic E-state index is 12.9. The highest BCUT2D eigenvalue weighted by molar-refractivity contribution is 6.19. The number of fused-ring (bicyclic) bond motifs is 3. The minimum atomic E-state index is -0.745. The van der Waals surface area contributed by atoms with Crippen molar-refractivity contribution in [2.75, 3.05) is 20.2 Å². The first-order valence-corrected chi connectivity index (χ1v) is 8.24. The number of likely N-dealkylation sites (N-methyl/N-ethyl adjacent to an activating group) is 1. The second-order valence-electron chi connectivity index (χ2n) is 6.39. The van der Waals surface area contributed by atoms with Gasteiger partial charge in [-0.3, -0.25) is 14.5 Å². The van der Waals surface area contributed by atoms with Gasteiger partial charge in [0.2, 0.25) is 11.9 Å². The molecule has 1 fully saturated rings. The summed E-state index contributed by atoms with van der Waals surface area (Å²) in [6.07, 6.45) is 1.85. The van der Waals surface area contributed by atoms with Gasteiger partial charge in [0.25, 0.3) is 5.91 Å². The summed E-state index contributed by atoms with van der Waals surface area (Å²) in [6, 6.07) is -1.16. The van der Waals surface area contributed by atoms with E-state index >= 15 is 0 Å². The molecule has 134 valence electrons. The Balaban J connectivity index is 2.01. The zero-order chi connectivity index (χ0) is 18.5. The molecule has 0 aromatic carbocycles. The number of amides is 3. The number of aliphatic imine (C=N–C) groups is 1. The molecule has 0 bridgehead atoms. The lowest BCUT2D eigenvalue weighted by Crippen LogP contribution is -2.63. The highest BCUT2D eigenvalue weighted by Gasteiger charge is 2.53. The average Bonchev–Trinajstić information content (AvgIpc) is 3.03.